The molecule has 1 heterocycles. The molecule has 1 unspecified atom stereocenters. The summed E-state index contributed by atoms with van der Waals surface area (Å²) in [4.78, 5) is 2.06. The standard InChI is InChI=1S/C14H17FN2O2S2/c1-9-4-7-14(20-9)10(2)17(3)21(18,19)11-5-6-12(15)13(16)8-11/h4-8,10H,16H2,1-3H3. The summed E-state index contributed by atoms with van der Waals surface area (Å²) >= 11 is 1.55. The zero-order valence-corrected chi connectivity index (χ0v) is 13.6. The fourth-order valence-electron chi connectivity index (χ4n) is 1.91. The van der Waals surface area contributed by atoms with Gasteiger partial charge >= 0.3 is 0 Å². The molecular formula is C14H17FN2O2S2. The number of halogens is 1. The molecule has 0 aliphatic heterocycles. The van der Waals surface area contributed by atoms with Crippen LogP contribution in [0.3, 0.4) is 0 Å². The Labute approximate surface area is 128 Å². The van der Waals surface area contributed by atoms with Crippen molar-refractivity contribution >= 4 is 27.0 Å². The minimum absolute atomic E-state index is 0.0102. The third-order valence-corrected chi connectivity index (χ3v) is 6.46. The summed E-state index contributed by atoms with van der Waals surface area (Å²) in [5.41, 5.74) is 5.28. The van der Waals surface area contributed by atoms with Crippen LogP contribution >= 0.6 is 11.3 Å². The summed E-state index contributed by atoms with van der Waals surface area (Å²) in [5.74, 6) is -0.626. The van der Waals surface area contributed by atoms with Crippen LogP contribution in [0.5, 0.6) is 0 Å². The number of rotatable bonds is 4. The maximum Gasteiger partial charge on any atom is 0.243 e. The predicted octanol–water partition coefficient (Wildman–Crippen LogP) is 3.16. The van der Waals surface area contributed by atoms with E-state index in [1.807, 2.05) is 26.0 Å². The van der Waals surface area contributed by atoms with E-state index >= 15 is 0 Å². The lowest BCUT2D eigenvalue weighted by molar-refractivity contribution is 0.403. The Morgan fingerprint density at radius 2 is 1.95 bits per heavy atom. The van der Waals surface area contributed by atoms with Gasteiger partial charge in [0.05, 0.1) is 16.6 Å². The molecule has 2 N–H and O–H groups in total. The Kier molecular flexibility index (Phi) is 4.36. The van der Waals surface area contributed by atoms with Crippen molar-refractivity contribution in [2.24, 2.45) is 0 Å². The number of nitrogen functional groups attached to an aromatic ring is 1. The minimum Gasteiger partial charge on any atom is -0.396 e. The number of thiophene rings is 1. The highest BCUT2D eigenvalue weighted by atomic mass is 32.2. The number of sulfonamides is 1. The highest BCUT2D eigenvalue weighted by molar-refractivity contribution is 7.89. The highest BCUT2D eigenvalue weighted by Crippen LogP contribution is 2.30. The fraction of sp³-hybridized carbons (Fsp3) is 0.286. The molecule has 114 valence electrons. The van der Waals surface area contributed by atoms with Gasteiger partial charge in [-0.1, -0.05) is 0 Å². The van der Waals surface area contributed by atoms with Crippen LogP contribution in [0, 0.1) is 12.7 Å². The molecule has 7 heteroatoms. The monoisotopic (exact) mass is 328 g/mol. The van der Waals surface area contributed by atoms with Crippen molar-refractivity contribution in [1.82, 2.24) is 4.31 Å². The Bertz CT molecular complexity index is 756. The summed E-state index contributed by atoms with van der Waals surface area (Å²) in [6, 6.07) is 7.00. The van der Waals surface area contributed by atoms with Crippen LogP contribution in [0.25, 0.3) is 0 Å². The lowest BCUT2D eigenvalue weighted by Crippen LogP contribution is -2.29. The van der Waals surface area contributed by atoms with Gasteiger partial charge in [0.25, 0.3) is 0 Å². The van der Waals surface area contributed by atoms with Crippen molar-refractivity contribution < 1.29 is 12.8 Å². The Morgan fingerprint density at radius 1 is 1.29 bits per heavy atom. The van der Waals surface area contributed by atoms with Gasteiger partial charge in [0.2, 0.25) is 10.0 Å². The molecule has 4 nitrogen and oxygen atoms in total. The first-order valence-corrected chi connectivity index (χ1v) is 8.58. The number of aryl methyl sites for hydroxylation is 1. The molecule has 0 saturated carbocycles. The summed E-state index contributed by atoms with van der Waals surface area (Å²) in [6.45, 7) is 3.78. The quantitative estimate of drug-likeness (QED) is 0.877. The highest BCUT2D eigenvalue weighted by Gasteiger charge is 2.27. The fourth-order valence-corrected chi connectivity index (χ4v) is 4.33. The number of nitrogens with zero attached hydrogens (tertiary/aromatic N) is 1. The van der Waals surface area contributed by atoms with Crippen LogP contribution in [0.2, 0.25) is 0 Å². The SMILES string of the molecule is Cc1ccc(C(C)N(C)S(=O)(=O)c2ccc(F)c(N)c2)s1. The van der Waals surface area contributed by atoms with E-state index in [1.54, 1.807) is 11.3 Å². The van der Waals surface area contributed by atoms with E-state index in [1.165, 1.54) is 17.4 Å². The van der Waals surface area contributed by atoms with Crippen LogP contribution in [0.4, 0.5) is 10.1 Å². The number of nitrogens with two attached hydrogens (primary N) is 1. The normalized spacial score (nSPS) is 13.6. The summed E-state index contributed by atoms with van der Waals surface area (Å²) < 4.78 is 39.6. The second-order valence-electron chi connectivity index (χ2n) is 4.83. The van der Waals surface area contributed by atoms with E-state index in [2.05, 4.69) is 0 Å². The average Bonchev–Trinajstić information content (AvgIpc) is 2.86. The van der Waals surface area contributed by atoms with Crippen molar-refractivity contribution in [1.29, 1.82) is 0 Å². The van der Waals surface area contributed by atoms with Crippen molar-refractivity contribution in [2.75, 3.05) is 12.8 Å². The second-order valence-corrected chi connectivity index (χ2v) is 8.15. The van der Waals surface area contributed by atoms with E-state index in [0.717, 1.165) is 21.9 Å². The zero-order valence-electron chi connectivity index (χ0n) is 12.0. The van der Waals surface area contributed by atoms with Gasteiger partial charge in [-0.25, -0.2) is 12.8 Å². The number of hydrogen-bond acceptors (Lipinski definition) is 4. The molecule has 0 spiro atoms. The van der Waals surface area contributed by atoms with Gasteiger partial charge in [0, 0.05) is 16.8 Å². The molecule has 1 atom stereocenters. The average molecular weight is 328 g/mol. The number of benzene rings is 1. The molecule has 0 radical (unpaired) electrons. The van der Waals surface area contributed by atoms with Gasteiger partial charge in [-0.05, 0) is 44.2 Å². The molecular weight excluding hydrogens is 311 g/mol. The van der Waals surface area contributed by atoms with Gasteiger partial charge in [0.1, 0.15) is 5.82 Å². The first-order valence-electron chi connectivity index (χ1n) is 6.33. The number of anilines is 1. The molecule has 0 saturated heterocycles. The van der Waals surface area contributed by atoms with E-state index in [4.69, 9.17) is 5.73 Å². The van der Waals surface area contributed by atoms with Crippen molar-refractivity contribution in [3.63, 3.8) is 0 Å². The lowest BCUT2D eigenvalue weighted by Gasteiger charge is -2.23. The van der Waals surface area contributed by atoms with Crippen LogP contribution < -0.4 is 5.73 Å². The van der Waals surface area contributed by atoms with Crippen molar-refractivity contribution in [3.8, 4) is 0 Å². The summed E-state index contributed by atoms with van der Waals surface area (Å²) in [7, 11) is -2.21. The maximum atomic E-state index is 13.2. The third-order valence-electron chi connectivity index (χ3n) is 3.36. The number of hydrogen-bond donors (Lipinski definition) is 1. The molecule has 0 aliphatic carbocycles. The Morgan fingerprint density at radius 3 is 2.48 bits per heavy atom. The molecule has 1 aromatic carbocycles. The minimum atomic E-state index is -3.72. The molecule has 0 aliphatic rings. The smallest absolute Gasteiger partial charge is 0.243 e. The summed E-state index contributed by atoms with van der Waals surface area (Å²) in [5, 5.41) is 0. The topological polar surface area (TPSA) is 63.4 Å². The molecule has 0 fully saturated rings. The molecule has 21 heavy (non-hydrogen) atoms. The first-order chi connectivity index (χ1) is 9.73. The van der Waals surface area contributed by atoms with Crippen LogP contribution in [-0.4, -0.2) is 19.8 Å². The second kappa shape index (κ2) is 5.75. The van der Waals surface area contributed by atoms with E-state index in [-0.39, 0.29) is 16.6 Å². The molecule has 1 aromatic heterocycles. The van der Waals surface area contributed by atoms with Gasteiger partial charge in [-0.15, -0.1) is 11.3 Å². The zero-order chi connectivity index (χ0) is 15.8. The van der Waals surface area contributed by atoms with Crippen LogP contribution in [-0.2, 0) is 10.0 Å². The Hall–Kier alpha value is -1.44. The van der Waals surface area contributed by atoms with Gasteiger partial charge in [-0.2, -0.15) is 4.31 Å². The van der Waals surface area contributed by atoms with Crippen molar-refractivity contribution in [2.45, 2.75) is 24.8 Å². The Balaban J connectivity index is 2.36. The predicted molar refractivity (Wildman–Crippen MR) is 83.2 cm³/mol. The lowest BCUT2D eigenvalue weighted by atomic mass is 10.3. The van der Waals surface area contributed by atoms with E-state index < -0.39 is 15.8 Å². The largest absolute Gasteiger partial charge is 0.396 e. The first kappa shape index (κ1) is 15.9. The van der Waals surface area contributed by atoms with Crippen LogP contribution in [0.15, 0.2) is 35.2 Å². The molecule has 0 amide bonds. The summed E-state index contributed by atoms with van der Waals surface area (Å²) in [6.07, 6.45) is 0. The van der Waals surface area contributed by atoms with E-state index in [9.17, 15) is 12.8 Å². The van der Waals surface area contributed by atoms with Gasteiger partial charge in [0.15, 0.2) is 0 Å². The van der Waals surface area contributed by atoms with Crippen LogP contribution in [0.1, 0.15) is 22.7 Å². The molecule has 0 bridgehead atoms. The maximum absolute atomic E-state index is 13.2. The van der Waals surface area contributed by atoms with Gasteiger partial charge in [-0.3, -0.25) is 0 Å². The van der Waals surface area contributed by atoms with Crippen molar-refractivity contribution in [3.05, 3.63) is 45.9 Å². The van der Waals surface area contributed by atoms with Gasteiger partial charge < -0.3 is 5.73 Å². The van der Waals surface area contributed by atoms with E-state index in [0.29, 0.717) is 0 Å². The molecule has 2 rings (SSSR count). The molecule has 2 aromatic rings. The third kappa shape index (κ3) is 3.09.